The van der Waals surface area contributed by atoms with E-state index in [-0.39, 0.29) is 12.1 Å². The van der Waals surface area contributed by atoms with E-state index < -0.39 is 0 Å². The van der Waals surface area contributed by atoms with E-state index in [2.05, 4.69) is 17.0 Å². The number of esters is 1. The predicted octanol–water partition coefficient (Wildman–Crippen LogP) is 1.49. The highest BCUT2D eigenvalue weighted by Gasteiger charge is 2.22. The first-order chi connectivity index (χ1) is 9.28. The van der Waals surface area contributed by atoms with E-state index >= 15 is 0 Å². The largest absolute Gasteiger partial charge is 0.465 e. The van der Waals surface area contributed by atoms with Crippen LogP contribution < -0.4 is 0 Å². The third-order valence-corrected chi connectivity index (χ3v) is 3.19. The fourth-order valence-corrected chi connectivity index (χ4v) is 2.31. The van der Waals surface area contributed by atoms with Crippen LogP contribution >= 0.6 is 0 Å². The summed E-state index contributed by atoms with van der Waals surface area (Å²) in [5, 5.41) is 0. The molecule has 0 N–H and O–H groups in total. The molecule has 0 radical (unpaired) electrons. The Morgan fingerprint density at radius 2 is 2.21 bits per heavy atom. The van der Waals surface area contributed by atoms with Crippen molar-refractivity contribution in [3.05, 3.63) is 35.9 Å². The molecule has 1 atom stereocenters. The second kappa shape index (κ2) is 7.26. The molecule has 4 nitrogen and oxygen atoms in total. The zero-order valence-electron chi connectivity index (χ0n) is 11.4. The van der Waals surface area contributed by atoms with Gasteiger partial charge < -0.3 is 9.47 Å². The number of rotatable bonds is 5. The first kappa shape index (κ1) is 14.0. The molecule has 4 heteroatoms. The van der Waals surface area contributed by atoms with Gasteiger partial charge in [-0.25, -0.2) is 0 Å². The molecule has 1 aliphatic heterocycles. The molecule has 1 aromatic carbocycles. The number of carbonyl (C=O) groups excluding carboxylic acids is 1. The lowest BCUT2D eigenvalue weighted by Gasteiger charge is -2.32. The maximum atomic E-state index is 11.5. The molecule has 104 valence electrons. The van der Waals surface area contributed by atoms with Crippen molar-refractivity contribution in [2.24, 2.45) is 0 Å². The summed E-state index contributed by atoms with van der Waals surface area (Å²) < 4.78 is 10.7. The van der Waals surface area contributed by atoms with Crippen LogP contribution in [-0.4, -0.2) is 49.8 Å². The second-order valence-corrected chi connectivity index (χ2v) is 4.72. The van der Waals surface area contributed by atoms with Gasteiger partial charge in [-0.2, -0.15) is 0 Å². The Morgan fingerprint density at radius 3 is 2.95 bits per heavy atom. The van der Waals surface area contributed by atoms with Gasteiger partial charge in [-0.3, -0.25) is 9.69 Å². The van der Waals surface area contributed by atoms with Crippen molar-refractivity contribution in [1.29, 1.82) is 0 Å². The van der Waals surface area contributed by atoms with E-state index in [0.717, 1.165) is 19.5 Å². The Morgan fingerprint density at radius 1 is 1.42 bits per heavy atom. The minimum absolute atomic E-state index is 0.150. The van der Waals surface area contributed by atoms with Crippen molar-refractivity contribution in [3.63, 3.8) is 0 Å². The second-order valence-electron chi connectivity index (χ2n) is 4.72. The van der Waals surface area contributed by atoms with E-state index in [1.807, 2.05) is 25.1 Å². The molecule has 1 fully saturated rings. The molecule has 1 aliphatic rings. The van der Waals surface area contributed by atoms with E-state index in [9.17, 15) is 4.79 Å². The Labute approximate surface area is 114 Å². The Hall–Kier alpha value is -1.39. The summed E-state index contributed by atoms with van der Waals surface area (Å²) in [5.41, 5.74) is 1.27. The summed E-state index contributed by atoms with van der Waals surface area (Å²) in [6.07, 6.45) is 1.05. The van der Waals surface area contributed by atoms with Crippen LogP contribution in [0.15, 0.2) is 30.3 Å². The molecular formula is C15H21NO3. The first-order valence-corrected chi connectivity index (χ1v) is 6.81. The van der Waals surface area contributed by atoms with Crippen molar-refractivity contribution < 1.29 is 14.3 Å². The molecule has 0 aromatic heterocycles. The van der Waals surface area contributed by atoms with Crippen LogP contribution in [0.2, 0.25) is 0 Å². The molecule has 1 unspecified atom stereocenters. The molecule has 1 aromatic rings. The Bertz CT molecular complexity index is 394. The molecule has 0 amide bonds. The molecule has 0 aliphatic carbocycles. The lowest BCUT2D eigenvalue weighted by Crippen LogP contribution is -2.45. The maximum Gasteiger partial charge on any atom is 0.320 e. The standard InChI is InChI=1S/C15H21NO3/c1-2-18-15(17)12-16-8-9-19-14(11-16)10-13-6-4-3-5-7-13/h3-7,14H,2,8-12H2,1H3. The molecule has 0 saturated carbocycles. The van der Waals surface area contributed by atoms with Gasteiger partial charge in [-0.1, -0.05) is 30.3 Å². The van der Waals surface area contributed by atoms with Gasteiger partial charge in [0, 0.05) is 13.1 Å². The van der Waals surface area contributed by atoms with Crippen LogP contribution in [0, 0.1) is 0 Å². The number of hydrogen-bond acceptors (Lipinski definition) is 4. The summed E-state index contributed by atoms with van der Waals surface area (Å²) in [7, 11) is 0. The fourth-order valence-electron chi connectivity index (χ4n) is 2.31. The van der Waals surface area contributed by atoms with Crippen molar-refractivity contribution in [3.8, 4) is 0 Å². The molecule has 0 bridgehead atoms. The number of benzene rings is 1. The van der Waals surface area contributed by atoms with Crippen LogP contribution in [0.3, 0.4) is 0 Å². The van der Waals surface area contributed by atoms with Gasteiger partial charge in [0.2, 0.25) is 0 Å². The third-order valence-electron chi connectivity index (χ3n) is 3.19. The number of hydrogen-bond donors (Lipinski definition) is 0. The van der Waals surface area contributed by atoms with Crippen LogP contribution in [-0.2, 0) is 20.7 Å². The highest BCUT2D eigenvalue weighted by molar-refractivity contribution is 5.71. The minimum Gasteiger partial charge on any atom is -0.465 e. The van der Waals surface area contributed by atoms with E-state index in [0.29, 0.717) is 19.8 Å². The average molecular weight is 263 g/mol. The Kier molecular flexibility index (Phi) is 5.36. The third kappa shape index (κ3) is 4.65. The molecule has 1 heterocycles. The summed E-state index contributed by atoms with van der Waals surface area (Å²) in [4.78, 5) is 13.6. The zero-order valence-corrected chi connectivity index (χ0v) is 11.4. The lowest BCUT2D eigenvalue weighted by atomic mass is 10.1. The topological polar surface area (TPSA) is 38.8 Å². The van der Waals surface area contributed by atoms with Gasteiger partial charge in [0.05, 0.1) is 25.9 Å². The average Bonchev–Trinajstić information content (AvgIpc) is 2.40. The number of morpholine rings is 1. The van der Waals surface area contributed by atoms with Crippen molar-refractivity contribution in [1.82, 2.24) is 4.90 Å². The quantitative estimate of drug-likeness (QED) is 0.755. The first-order valence-electron chi connectivity index (χ1n) is 6.81. The summed E-state index contributed by atoms with van der Waals surface area (Å²) >= 11 is 0. The van der Waals surface area contributed by atoms with Crippen LogP contribution in [0.4, 0.5) is 0 Å². The van der Waals surface area contributed by atoms with Crippen LogP contribution in [0.1, 0.15) is 12.5 Å². The van der Waals surface area contributed by atoms with E-state index in [4.69, 9.17) is 9.47 Å². The van der Waals surface area contributed by atoms with Gasteiger partial charge in [0.1, 0.15) is 0 Å². The predicted molar refractivity (Wildman–Crippen MR) is 73.0 cm³/mol. The van der Waals surface area contributed by atoms with Crippen LogP contribution in [0.5, 0.6) is 0 Å². The van der Waals surface area contributed by atoms with Crippen molar-refractivity contribution >= 4 is 5.97 Å². The summed E-state index contributed by atoms with van der Waals surface area (Å²) in [6, 6.07) is 10.3. The lowest BCUT2D eigenvalue weighted by molar-refractivity contribution is -0.146. The molecule has 19 heavy (non-hydrogen) atoms. The number of carbonyl (C=O) groups is 1. The number of nitrogens with zero attached hydrogens (tertiary/aromatic N) is 1. The molecular weight excluding hydrogens is 242 g/mol. The maximum absolute atomic E-state index is 11.5. The minimum atomic E-state index is -0.150. The summed E-state index contributed by atoms with van der Waals surface area (Å²) in [5.74, 6) is -0.150. The SMILES string of the molecule is CCOC(=O)CN1CCOC(Cc2ccccc2)C1. The van der Waals surface area contributed by atoms with Gasteiger partial charge in [0.25, 0.3) is 0 Å². The van der Waals surface area contributed by atoms with Gasteiger partial charge >= 0.3 is 5.97 Å². The normalized spacial score (nSPS) is 20.2. The summed E-state index contributed by atoms with van der Waals surface area (Å²) in [6.45, 7) is 4.89. The molecule has 0 spiro atoms. The Balaban J connectivity index is 1.82. The van der Waals surface area contributed by atoms with Crippen molar-refractivity contribution in [2.75, 3.05) is 32.8 Å². The van der Waals surface area contributed by atoms with Crippen LogP contribution in [0.25, 0.3) is 0 Å². The molecule has 1 saturated heterocycles. The monoisotopic (exact) mass is 263 g/mol. The van der Waals surface area contributed by atoms with Crippen molar-refractivity contribution in [2.45, 2.75) is 19.4 Å². The molecule has 2 rings (SSSR count). The smallest absolute Gasteiger partial charge is 0.320 e. The zero-order chi connectivity index (χ0) is 13.5. The highest BCUT2D eigenvalue weighted by atomic mass is 16.5. The van der Waals surface area contributed by atoms with E-state index in [1.165, 1.54) is 5.56 Å². The van der Waals surface area contributed by atoms with Gasteiger partial charge in [-0.15, -0.1) is 0 Å². The van der Waals surface area contributed by atoms with Gasteiger partial charge in [0.15, 0.2) is 0 Å². The number of ether oxygens (including phenoxy) is 2. The van der Waals surface area contributed by atoms with Gasteiger partial charge in [-0.05, 0) is 18.9 Å². The highest BCUT2D eigenvalue weighted by Crippen LogP contribution is 2.11. The van der Waals surface area contributed by atoms with E-state index in [1.54, 1.807) is 0 Å². The fraction of sp³-hybridized carbons (Fsp3) is 0.533.